The fourth-order valence-electron chi connectivity index (χ4n) is 1.59. The Morgan fingerprint density at radius 1 is 1.37 bits per heavy atom. The first kappa shape index (κ1) is 15.5. The molecule has 2 nitrogen and oxygen atoms in total. The summed E-state index contributed by atoms with van der Waals surface area (Å²) < 4.78 is 37.5. The molecule has 0 saturated heterocycles. The van der Waals surface area contributed by atoms with E-state index in [2.05, 4.69) is 11.2 Å². The van der Waals surface area contributed by atoms with Crippen molar-refractivity contribution >= 4 is 0 Å². The molecule has 0 aliphatic heterocycles. The van der Waals surface area contributed by atoms with Gasteiger partial charge >= 0.3 is 6.18 Å². The number of terminal acetylenes is 1. The molecule has 1 rings (SSSR count). The molecule has 0 aliphatic rings. The van der Waals surface area contributed by atoms with E-state index in [1.54, 1.807) is 0 Å². The Morgan fingerprint density at radius 3 is 2.74 bits per heavy atom. The molecule has 1 unspecified atom stereocenters. The van der Waals surface area contributed by atoms with Crippen LogP contribution in [0.3, 0.4) is 0 Å². The van der Waals surface area contributed by atoms with Crippen LogP contribution in [-0.4, -0.2) is 18.2 Å². The molecule has 0 aliphatic carbocycles. The van der Waals surface area contributed by atoms with Gasteiger partial charge in [0, 0.05) is 13.0 Å². The molecule has 19 heavy (non-hydrogen) atoms. The molecule has 0 radical (unpaired) electrons. The standard InChI is InChI=1S/C14H16F3NO/c1-2-3-4-8-18-10-13(19)11-6-5-7-12(9-11)14(15,16)17/h1,5-7,9,13,18-19H,3-4,8,10H2. The first-order valence-corrected chi connectivity index (χ1v) is 5.94. The highest BCUT2D eigenvalue weighted by Gasteiger charge is 2.30. The lowest BCUT2D eigenvalue weighted by Crippen LogP contribution is -2.22. The van der Waals surface area contributed by atoms with E-state index in [0.29, 0.717) is 13.0 Å². The molecule has 0 bridgehead atoms. The average molecular weight is 271 g/mol. The van der Waals surface area contributed by atoms with Gasteiger partial charge in [-0.05, 0) is 30.7 Å². The second-order valence-electron chi connectivity index (χ2n) is 4.15. The number of aliphatic hydroxyl groups is 1. The topological polar surface area (TPSA) is 32.3 Å². The highest BCUT2D eigenvalue weighted by Crippen LogP contribution is 2.30. The predicted octanol–water partition coefficient (Wildman–Crippen LogP) is 2.74. The number of nitrogens with one attached hydrogen (secondary N) is 1. The summed E-state index contributed by atoms with van der Waals surface area (Å²) in [6, 6.07) is 4.72. The largest absolute Gasteiger partial charge is 0.416 e. The molecule has 5 heteroatoms. The third-order valence-electron chi connectivity index (χ3n) is 2.61. The van der Waals surface area contributed by atoms with E-state index in [1.807, 2.05) is 0 Å². The number of benzene rings is 1. The monoisotopic (exact) mass is 271 g/mol. The van der Waals surface area contributed by atoms with Gasteiger partial charge in [-0.1, -0.05) is 12.1 Å². The van der Waals surface area contributed by atoms with E-state index in [1.165, 1.54) is 12.1 Å². The minimum Gasteiger partial charge on any atom is -0.387 e. The van der Waals surface area contributed by atoms with Crippen molar-refractivity contribution in [3.8, 4) is 12.3 Å². The van der Waals surface area contributed by atoms with E-state index >= 15 is 0 Å². The summed E-state index contributed by atoms with van der Waals surface area (Å²) in [4.78, 5) is 0. The van der Waals surface area contributed by atoms with Crippen molar-refractivity contribution in [3.63, 3.8) is 0 Å². The lowest BCUT2D eigenvalue weighted by atomic mass is 10.1. The van der Waals surface area contributed by atoms with Gasteiger partial charge in [0.05, 0.1) is 11.7 Å². The smallest absolute Gasteiger partial charge is 0.387 e. The number of hydrogen-bond acceptors (Lipinski definition) is 2. The zero-order valence-electron chi connectivity index (χ0n) is 10.4. The normalized spacial score (nSPS) is 13.0. The van der Waals surface area contributed by atoms with Crippen molar-refractivity contribution in [1.82, 2.24) is 5.32 Å². The Bertz CT molecular complexity index is 437. The van der Waals surface area contributed by atoms with Gasteiger partial charge in [-0.25, -0.2) is 0 Å². The Hall–Kier alpha value is -1.51. The lowest BCUT2D eigenvalue weighted by Gasteiger charge is -2.14. The molecule has 2 N–H and O–H groups in total. The van der Waals surface area contributed by atoms with E-state index in [-0.39, 0.29) is 12.1 Å². The van der Waals surface area contributed by atoms with Gasteiger partial charge in [-0.2, -0.15) is 13.2 Å². The van der Waals surface area contributed by atoms with E-state index in [0.717, 1.165) is 18.6 Å². The highest BCUT2D eigenvalue weighted by atomic mass is 19.4. The molecule has 0 saturated carbocycles. The third-order valence-corrected chi connectivity index (χ3v) is 2.61. The number of rotatable bonds is 6. The second kappa shape index (κ2) is 7.17. The quantitative estimate of drug-likeness (QED) is 0.616. The molecule has 0 fully saturated rings. The summed E-state index contributed by atoms with van der Waals surface area (Å²) in [6.45, 7) is 0.825. The van der Waals surface area contributed by atoms with Crippen molar-refractivity contribution < 1.29 is 18.3 Å². The number of aliphatic hydroxyl groups excluding tert-OH is 1. The van der Waals surface area contributed by atoms with Gasteiger partial charge in [0.1, 0.15) is 0 Å². The van der Waals surface area contributed by atoms with Crippen LogP contribution in [0.5, 0.6) is 0 Å². The minimum absolute atomic E-state index is 0.200. The number of halogens is 3. The Morgan fingerprint density at radius 2 is 2.11 bits per heavy atom. The summed E-state index contributed by atoms with van der Waals surface area (Å²) in [6.07, 6.45) is 1.13. The lowest BCUT2D eigenvalue weighted by molar-refractivity contribution is -0.137. The van der Waals surface area contributed by atoms with Crippen molar-refractivity contribution in [2.75, 3.05) is 13.1 Å². The van der Waals surface area contributed by atoms with Gasteiger partial charge < -0.3 is 10.4 Å². The maximum atomic E-state index is 12.5. The zero-order valence-corrected chi connectivity index (χ0v) is 10.4. The van der Waals surface area contributed by atoms with Crippen LogP contribution < -0.4 is 5.32 Å². The van der Waals surface area contributed by atoms with Crippen LogP contribution in [0.2, 0.25) is 0 Å². The molecule has 1 aromatic rings. The van der Waals surface area contributed by atoms with Crippen LogP contribution in [0, 0.1) is 12.3 Å². The van der Waals surface area contributed by atoms with Crippen LogP contribution in [0.25, 0.3) is 0 Å². The molecule has 0 spiro atoms. The van der Waals surface area contributed by atoms with Crippen molar-refractivity contribution in [3.05, 3.63) is 35.4 Å². The molecule has 104 valence electrons. The first-order chi connectivity index (χ1) is 8.95. The second-order valence-corrected chi connectivity index (χ2v) is 4.15. The van der Waals surface area contributed by atoms with Crippen molar-refractivity contribution in [2.24, 2.45) is 0 Å². The Balaban J connectivity index is 2.53. The Kier molecular flexibility index (Phi) is 5.87. The summed E-state index contributed by atoms with van der Waals surface area (Å²) >= 11 is 0. The van der Waals surface area contributed by atoms with Crippen molar-refractivity contribution in [2.45, 2.75) is 25.1 Å². The average Bonchev–Trinajstić information content (AvgIpc) is 2.37. The predicted molar refractivity (Wildman–Crippen MR) is 67.3 cm³/mol. The van der Waals surface area contributed by atoms with Gasteiger partial charge in [-0.15, -0.1) is 12.3 Å². The van der Waals surface area contributed by atoms with E-state index in [4.69, 9.17) is 6.42 Å². The fourth-order valence-corrected chi connectivity index (χ4v) is 1.59. The molecule has 1 aromatic carbocycles. The molecule has 0 heterocycles. The molecular formula is C14H16F3NO. The summed E-state index contributed by atoms with van der Waals surface area (Å²) in [7, 11) is 0. The molecule has 0 aromatic heterocycles. The third kappa shape index (κ3) is 5.33. The maximum absolute atomic E-state index is 12.5. The van der Waals surface area contributed by atoms with Gasteiger partial charge in [-0.3, -0.25) is 0 Å². The van der Waals surface area contributed by atoms with Crippen LogP contribution in [-0.2, 0) is 6.18 Å². The van der Waals surface area contributed by atoms with Crippen LogP contribution in [0.1, 0.15) is 30.1 Å². The summed E-state index contributed by atoms with van der Waals surface area (Å²) in [5, 5.41) is 12.7. The molecule has 0 amide bonds. The highest BCUT2D eigenvalue weighted by molar-refractivity contribution is 5.27. The van der Waals surface area contributed by atoms with Gasteiger partial charge in [0.15, 0.2) is 0 Å². The number of hydrogen-bond donors (Lipinski definition) is 2. The SMILES string of the molecule is C#CCCCNCC(O)c1cccc(C(F)(F)F)c1. The minimum atomic E-state index is -4.39. The van der Waals surface area contributed by atoms with Gasteiger partial charge in [0.2, 0.25) is 0 Å². The number of alkyl halides is 3. The van der Waals surface area contributed by atoms with Crippen molar-refractivity contribution in [1.29, 1.82) is 0 Å². The Labute approximate surface area is 110 Å². The molecular weight excluding hydrogens is 255 g/mol. The van der Waals surface area contributed by atoms with Crippen LogP contribution >= 0.6 is 0 Å². The fraction of sp³-hybridized carbons (Fsp3) is 0.429. The zero-order chi connectivity index (χ0) is 14.3. The molecule has 1 atom stereocenters. The summed E-state index contributed by atoms with van der Waals surface area (Å²) in [5.74, 6) is 2.48. The summed E-state index contributed by atoms with van der Waals surface area (Å²) in [5.41, 5.74) is -0.504. The van der Waals surface area contributed by atoms with E-state index < -0.39 is 17.8 Å². The first-order valence-electron chi connectivity index (χ1n) is 5.94. The van der Waals surface area contributed by atoms with E-state index in [9.17, 15) is 18.3 Å². The number of unbranched alkanes of at least 4 members (excludes halogenated alkanes) is 1. The van der Waals surface area contributed by atoms with Crippen LogP contribution in [0.4, 0.5) is 13.2 Å². The maximum Gasteiger partial charge on any atom is 0.416 e. The van der Waals surface area contributed by atoms with Crippen LogP contribution in [0.15, 0.2) is 24.3 Å². The van der Waals surface area contributed by atoms with Gasteiger partial charge in [0.25, 0.3) is 0 Å².